The Hall–Kier alpha value is -0.200. The Morgan fingerprint density at radius 3 is 2.81 bits per heavy atom. The lowest BCUT2D eigenvalue weighted by molar-refractivity contribution is 0.215. The van der Waals surface area contributed by atoms with Crippen molar-refractivity contribution in [2.45, 2.75) is 33.3 Å². The van der Waals surface area contributed by atoms with E-state index >= 15 is 0 Å². The SMILES string of the molecule is C/C(I)=C/C[C@H](O)/C(C)=C/c1csc(C)n1. The summed E-state index contributed by atoms with van der Waals surface area (Å²) >= 11 is 3.87. The predicted molar refractivity (Wildman–Crippen MR) is 78.9 cm³/mol. The van der Waals surface area contributed by atoms with Gasteiger partial charge in [0.2, 0.25) is 0 Å². The normalized spacial score (nSPS) is 15.3. The molecule has 0 aliphatic heterocycles. The molecule has 0 fully saturated rings. The van der Waals surface area contributed by atoms with E-state index in [-0.39, 0.29) is 0 Å². The molecule has 0 bridgehead atoms. The second kappa shape index (κ2) is 6.51. The number of aryl methyl sites for hydroxylation is 1. The van der Waals surface area contributed by atoms with Gasteiger partial charge in [0.25, 0.3) is 0 Å². The smallest absolute Gasteiger partial charge is 0.0901 e. The summed E-state index contributed by atoms with van der Waals surface area (Å²) in [5.74, 6) is 0. The van der Waals surface area contributed by atoms with Crippen LogP contribution >= 0.6 is 33.9 Å². The number of halogens is 1. The van der Waals surface area contributed by atoms with Crippen LogP contribution in [0.15, 0.2) is 20.6 Å². The first-order valence-corrected chi connectivity index (χ1v) is 7.05. The molecule has 2 nitrogen and oxygen atoms in total. The van der Waals surface area contributed by atoms with Gasteiger partial charge in [-0.3, -0.25) is 0 Å². The Bertz CT molecular complexity index is 405. The predicted octanol–water partition coefficient (Wildman–Crippen LogP) is 3.94. The zero-order valence-electron chi connectivity index (χ0n) is 9.70. The standard InChI is InChI=1S/C12H16INOS/c1-8(12(15)5-4-9(2)13)6-11-7-16-10(3)14-11/h4,6-7,12,15H,5H2,1-3H3/b8-6+,9-4-/t12-/m0/s1. The van der Waals surface area contributed by atoms with Crippen molar-refractivity contribution in [3.63, 3.8) is 0 Å². The average molecular weight is 349 g/mol. The molecule has 88 valence electrons. The zero-order chi connectivity index (χ0) is 12.1. The first-order chi connectivity index (χ1) is 7.49. The van der Waals surface area contributed by atoms with Gasteiger partial charge in [0.15, 0.2) is 0 Å². The van der Waals surface area contributed by atoms with Crippen molar-refractivity contribution >= 4 is 40.0 Å². The fourth-order valence-electron chi connectivity index (χ4n) is 1.24. The Kier molecular flexibility index (Phi) is 5.64. The van der Waals surface area contributed by atoms with Crippen LogP contribution in [0.5, 0.6) is 0 Å². The summed E-state index contributed by atoms with van der Waals surface area (Å²) in [6, 6.07) is 0. The van der Waals surface area contributed by atoms with Gasteiger partial charge in [0.05, 0.1) is 16.8 Å². The van der Waals surface area contributed by atoms with Crippen molar-refractivity contribution in [1.29, 1.82) is 0 Å². The largest absolute Gasteiger partial charge is 0.388 e. The van der Waals surface area contributed by atoms with E-state index in [4.69, 9.17) is 0 Å². The van der Waals surface area contributed by atoms with Crippen LogP contribution in [0.4, 0.5) is 0 Å². The fourth-order valence-corrected chi connectivity index (χ4v) is 2.06. The van der Waals surface area contributed by atoms with E-state index in [0.29, 0.717) is 6.42 Å². The monoisotopic (exact) mass is 349 g/mol. The summed E-state index contributed by atoms with van der Waals surface area (Å²) in [6.07, 6.45) is 4.24. The third-order valence-corrected chi connectivity index (χ3v) is 3.39. The lowest BCUT2D eigenvalue weighted by atomic mass is 10.1. The van der Waals surface area contributed by atoms with Crippen molar-refractivity contribution in [2.75, 3.05) is 0 Å². The average Bonchev–Trinajstić information content (AvgIpc) is 2.60. The maximum Gasteiger partial charge on any atom is 0.0901 e. The Morgan fingerprint density at radius 1 is 1.62 bits per heavy atom. The van der Waals surface area contributed by atoms with Gasteiger partial charge >= 0.3 is 0 Å². The van der Waals surface area contributed by atoms with E-state index < -0.39 is 6.10 Å². The van der Waals surface area contributed by atoms with Crippen LogP contribution in [0.2, 0.25) is 0 Å². The number of hydrogen-bond acceptors (Lipinski definition) is 3. The van der Waals surface area contributed by atoms with Crippen LogP contribution < -0.4 is 0 Å². The van der Waals surface area contributed by atoms with Crippen molar-refractivity contribution in [3.05, 3.63) is 31.3 Å². The van der Waals surface area contributed by atoms with Gasteiger partial charge in [-0.2, -0.15) is 0 Å². The number of aliphatic hydroxyl groups excluding tert-OH is 1. The summed E-state index contributed by atoms with van der Waals surface area (Å²) in [6.45, 7) is 5.95. The molecule has 0 spiro atoms. The van der Waals surface area contributed by atoms with Crippen molar-refractivity contribution < 1.29 is 5.11 Å². The van der Waals surface area contributed by atoms with Crippen molar-refractivity contribution in [2.24, 2.45) is 0 Å². The minimum atomic E-state index is -0.410. The van der Waals surface area contributed by atoms with Gasteiger partial charge in [0, 0.05) is 5.38 Å². The second-order valence-corrected chi connectivity index (χ2v) is 6.49. The molecule has 1 aromatic rings. The van der Waals surface area contributed by atoms with Crippen LogP contribution in [0.25, 0.3) is 6.08 Å². The Labute approximate surface area is 114 Å². The molecule has 0 saturated carbocycles. The molecule has 1 N–H and O–H groups in total. The summed E-state index contributed by atoms with van der Waals surface area (Å²) in [5, 5.41) is 13.0. The summed E-state index contributed by atoms with van der Waals surface area (Å²) < 4.78 is 1.20. The van der Waals surface area contributed by atoms with E-state index in [2.05, 4.69) is 27.6 Å². The highest BCUT2D eigenvalue weighted by molar-refractivity contribution is 14.1. The number of nitrogens with zero attached hydrogens (tertiary/aromatic N) is 1. The molecule has 0 aliphatic rings. The molecule has 0 aromatic carbocycles. The molecule has 16 heavy (non-hydrogen) atoms. The molecule has 0 radical (unpaired) electrons. The van der Waals surface area contributed by atoms with Gasteiger partial charge in [-0.05, 0) is 65.0 Å². The molecule has 4 heteroatoms. The molecule has 0 amide bonds. The number of thiazole rings is 1. The molecule has 0 saturated heterocycles. The second-order valence-electron chi connectivity index (χ2n) is 3.72. The van der Waals surface area contributed by atoms with E-state index in [1.54, 1.807) is 11.3 Å². The van der Waals surface area contributed by atoms with Crippen LogP contribution in [0.1, 0.15) is 31.0 Å². The molecule has 1 heterocycles. The third-order valence-electron chi connectivity index (χ3n) is 2.16. The maximum absolute atomic E-state index is 9.89. The highest BCUT2D eigenvalue weighted by atomic mass is 127. The highest BCUT2D eigenvalue weighted by Gasteiger charge is 2.05. The van der Waals surface area contributed by atoms with Gasteiger partial charge < -0.3 is 5.11 Å². The molecular weight excluding hydrogens is 333 g/mol. The lowest BCUT2D eigenvalue weighted by Crippen LogP contribution is -2.06. The van der Waals surface area contributed by atoms with Gasteiger partial charge in [-0.15, -0.1) is 11.3 Å². The highest BCUT2D eigenvalue weighted by Crippen LogP contribution is 2.16. The zero-order valence-corrected chi connectivity index (χ0v) is 12.7. The molecular formula is C12H16INOS. The summed E-state index contributed by atoms with van der Waals surface area (Å²) in [4.78, 5) is 4.34. The van der Waals surface area contributed by atoms with Gasteiger partial charge in [0.1, 0.15) is 0 Å². The number of rotatable bonds is 4. The third kappa shape index (κ3) is 4.76. The number of allylic oxidation sites excluding steroid dienone is 1. The molecule has 1 rings (SSSR count). The van der Waals surface area contributed by atoms with Crippen LogP contribution in [0, 0.1) is 6.92 Å². The Morgan fingerprint density at radius 2 is 2.31 bits per heavy atom. The van der Waals surface area contributed by atoms with Crippen LogP contribution in [0.3, 0.4) is 0 Å². The molecule has 1 aromatic heterocycles. The van der Waals surface area contributed by atoms with Gasteiger partial charge in [-0.25, -0.2) is 4.98 Å². The number of aliphatic hydroxyl groups is 1. The minimum Gasteiger partial charge on any atom is -0.388 e. The first-order valence-electron chi connectivity index (χ1n) is 5.09. The van der Waals surface area contributed by atoms with E-state index in [0.717, 1.165) is 16.3 Å². The summed E-state index contributed by atoms with van der Waals surface area (Å²) in [5.41, 5.74) is 1.90. The summed E-state index contributed by atoms with van der Waals surface area (Å²) in [7, 11) is 0. The Balaban J connectivity index is 2.66. The van der Waals surface area contributed by atoms with Crippen molar-refractivity contribution in [3.8, 4) is 0 Å². The van der Waals surface area contributed by atoms with Crippen LogP contribution in [-0.2, 0) is 0 Å². The fraction of sp³-hybridized carbons (Fsp3) is 0.417. The quantitative estimate of drug-likeness (QED) is 0.835. The first kappa shape index (κ1) is 13.9. The van der Waals surface area contributed by atoms with E-state index in [1.165, 1.54) is 3.58 Å². The molecule has 1 atom stereocenters. The maximum atomic E-state index is 9.89. The minimum absolute atomic E-state index is 0.410. The molecule has 0 unspecified atom stereocenters. The topological polar surface area (TPSA) is 33.1 Å². The number of hydrogen-bond donors (Lipinski definition) is 1. The van der Waals surface area contributed by atoms with E-state index in [1.807, 2.05) is 38.3 Å². The van der Waals surface area contributed by atoms with Gasteiger partial charge in [-0.1, -0.05) is 6.08 Å². The number of aromatic nitrogens is 1. The lowest BCUT2D eigenvalue weighted by Gasteiger charge is -2.08. The van der Waals surface area contributed by atoms with Crippen molar-refractivity contribution in [1.82, 2.24) is 4.98 Å². The van der Waals surface area contributed by atoms with Crippen LogP contribution in [-0.4, -0.2) is 16.2 Å². The molecule has 0 aliphatic carbocycles. The van der Waals surface area contributed by atoms with E-state index in [9.17, 15) is 5.11 Å².